The van der Waals surface area contributed by atoms with Crippen molar-refractivity contribution in [2.45, 2.75) is 0 Å². The van der Waals surface area contributed by atoms with Gasteiger partial charge in [0.05, 0.1) is 11.9 Å². The van der Waals surface area contributed by atoms with E-state index in [0.29, 0.717) is 12.1 Å². The number of amides is 1. The molecule has 1 aromatic heterocycles. The minimum absolute atomic E-state index is 0.240. The van der Waals surface area contributed by atoms with E-state index in [1.54, 1.807) is 18.3 Å². The van der Waals surface area contributed by atoms with Crippen LogP contribution in [0.25, 0.3) is 0 Å². The van der Waals surface area contributed by atoms with Gasteiger partial charge in [-0.3, -0.25) is 4.79 Å². The molecule has 1 aliphatic rings. The molecule has 2 heterocycles. The van der Waals surface area contributed by atoms with Gasteiger partial charge in [0.15, 0.2) is 17.5 Å². The van der Waals surface area contributed by atoms with E-state index < -0.39 is 23.4 Å². The Morgan fingerprint density at radius 3 is 2.38 bits per heavy atom. The first-order chi connectivity index (χ1) is 11.5. The lowest BCUT2D eigenvalue weighted by Crippen LogP contribution is -2.43. The van der Waals surface area contributed by atoms with E-state index in [9.17, 15) is 18.0 Å². The molecular formula is C16H15F3N4O. The van der Waals surface area contributed by atoms with Crippen LogP contribution in [0.2, 0.25) is 0 Å². The lowest BCUT2D eigenvalue weighted by molar-refractivity contribution is 0.102. The number of hydrogen-bond donors (Lipinski definition) is 2. The quantitative estimate of drug-likeness (QED) is 0.844. The molecule has 126 valence electrons. The minimum Gasteiger partial charge on any atom is -0.368 e. The van der Waals surface area contributed by atoms with Crippen LogP contribution in [-0.4, -0.2) is 37.1 Å². The van der Waals surface area contributed by atoms with Crippen LogP contribution in [0.3, 0.4) is 0 Å². The van der Waals surface area contributed by atoms with Crippen molar-refractivity contribution in [2.75, 3.05) is 36.4 Å². The van der Waals surface area contributed by atoms with Crippen molar-refractivity contribution >= 4 is 17.4 Å². The van der Waals surface area contributed by atoms with Gasteiger partial charge in [0, 0.05) is 31.7 Å². The number of aromatic nitrogens is 1. The van der Waals surface area contributed by atoms with Gasteiger partial charge in [-0.25, -0.2) is 18.2 Å². The van der Waals surface area contributed by atoms with Crippen LogP contribution in [0.15, 0.2) is 30.5 Å². The second-order valence-corrected chi connectivity index (χ2v) is 5.35. The molecule has 0 bridgehead atoms. The molecule has 2 aromatic rings. The van der Waals surface area contributed by atoms with Gasteiger partial charge in [-0.15, -0.1) is 0 Å². The number of piperazine rings is 1. The minimum atomic E-state index is -1.61. The van der Waals surface area contributed by atoms with E-state index in [4.69, 9.17) is 0 Å². The van der Waals surface area contributed by atoms with Gasteiger partial charge in [0.25, 0.3) is 5.91 Å². The second-order valence-electron chi connectivity index (χ2n) is 5.35. The van der Waals surface area contributed by atoms with Gasteiger partial charge >= 0.3 is 0 Å². The predicted octanol–water partition coefficient (Wildman–Crippen LogP) is 2.16. The number of carbonyl (C=O) groups excluding carboxylic acids is 1. The maximum absolute atomic E-state index is 13.2. The largest absolute Gasteiger partial charge is 0.368 e. The van der Waals surface area contributed by atoms with Gasteiger partial charge in [0.2, 0.25) is 0 Å². The molecule has 1 fully saturated rings. The summed E-state index contributed by atoms with van der Waals surface area (Å²) in [5.74, 6) is -4.96. The summed E-state index contributed by atoms with van der Waals surface area (Å²) in [5, 5.41) is 5.67. The third-order valence-electron chi connectivity index (χ3n) is 3.72. The van der Waals surface area contributed by atoms with E-state index in [1.165, 1.54) is 0 Å². The van der Waals surface area contributed by atoms with Gasteiger partial charge in [-0.05, 0) is 24.3 Å². The number of benzene rings is 1. The smallest absolute Gasteiger partial charge is 0.257 e. The van der Waals surface area contributed by atoms with E-state index in [1.807, 2.05) is 0 Å². The first kappa shape index (κ1) is 16.3. The van der Waals surface area contributed by atoms with E-state index in [2.05, 4.69) is 20.5 Å². The van der Waals surface area contributed by atoms with E-state index in [0.717, 1.165) is 31.9 Å². The summed E-state index contributed by atoms with van der Waals surface area (Å²) in [6.07, 6.45) is 1.62. The van der Waals surface area contributed by atoms with Crippen molar-refractivity contribution in [2.24, 2.45) is 0 Å². The number of rotatable bonds is 3. The molecule has 0 unspecified atom stereocenters. The molecule has 1 saturated heterocycles. The number of pyridine rings is 1. The summed E-state index contributed by atoms with van der Waals surface area (Å²) in [4.78, 5) is 18.3. The lowest BCUT2D eigenvalue weighted by Gasteiger charge is -2.29. The first-order valence-corrected chi connectivity index (χ1v) is 7.42. The maximum atomic E-state index is 13.2. The SMILES string of the molecule is O=C(Nc1ccc(N2CCNCC2)cn1)c1cc(F)c(F)c(F)c1. The van der Waals surface area contributed by atoms with Crippen LogP contribution in [0.4, 0.5) is 24.7 Å². The van der Waals surface area contributed by atoms with Crippen LogP contribution in [0.5, 0.6) is 0 Å². The molecule has 0 atom stereocenters. The Kier molecular flexibility index (Phi) is 4.66. The highest BCUT2D eigenvalue weighted by atomic mass is 19.2. The van der Waals surface area contributed by atoms with Gasteiger partial charge < -0.3 is 15.5 Å². The summed E-state index contributed by atoms with van der Waals surface area (Å²) < 4.78 is 39.3. The Hall–Kier alpha value is -2.61. The summed E-state index contributed by atoms with van der Waals surface area (Å²) >= 11 is 0. The molecule has 1 amide bonds. The molecule has 0 radical (unpaired) electrons. The van der Waals surface area contributed by atoms with E-state index in [-0.39, 0.29) is 11.4 Å². The molecule has 5 nitrogen and oxygen atoms in total. The fourth-order valence-electron chi connectivity index (χ4n) is 2.45. The molecule has 3 rings (SSSR count). The van der Waals surface area contributed by atoms with Crippen molar-refractivity contribution in [3.63, 3.8) is 0 Å². The van der Waals surface area contributed by atoms with Crippen molar-refractivity contribution < 1.29 is 18.0 Å². The molecule has 0 aliphatic carbocycles. The van der Waals surface area contributed by atoms with Crippen LogP contribution in [-0.2, 0) is 0 Å². The number of nitrogens with zero attached hydrogens (tertiary/aromatic N) is 2. The number of nitrogens with one attached hydrogen (secondary N) is 2. The fourth-order valence-corrected chi connectivity index (χ4v) is 2.45. The molecule has 0 saturated carbocycles. The van der Waals surface area contributed by atoms with Crippen molar-refractivity contribution in [3.05, 3.63) is 53.5 Å². The average molecular weight is 336 g/mol. The normalized spacial score (nSPS) is 14.5. The Balaban J connectivity index is 1.70. The molecule has 1 aliphatic heterocycles. The third kappa shape index (κ3) is 3.48. The van der Waals surface area contributed by atoms with Crippen LogP contribution >= 0.6 is 0 Å². The molecule has 8 heteroatoms. The van der Waals surface area contributed by atoms with E-state index >= 15 is 0 Å². The highest BCUT2D eigenvalue weighted by Gasteiger charge is 2.16. The zero-order valence-corrected chi connectivity index (χ0v) is 12.7. The monoisotopic (exact) mass is 336 g/mol. The van der Waals surface area contributed by atoms with Gasteiger partial charge in [-0.2, -0.15) is 0 Å². The highest BCUT2D eigenvalue weighted by molar-refractivity contribution is 6.03. The summed E-state index contributed by atoms with van der Waals surface area (Å²) in [6, 6.07) is 4.69. The van der Waals surface area contributed by atoms with Crippen molar-refractivity contribution in [1.82, 2.24) is 10.3 Å². The standard InChI is InChI=1S/C16H15F3N4O/c17-12-7-10(8-13(18)15(12)19)16(24)22-14-2-1-11(9-21-14)23-5-3-20-4-6-23/h1-2,7-9,20H,3-6H2,(H,21,22,24). The molecule has 2 N–H and O–H groups in total. The zero-order valence-electron chi connectivity index (χ0n) is 12.7. The molecule has 1 aromatic carbocycles. The Labute approximate surface area is 136 Å². The Morgan fingerprint density at radius 2 is 1.79 bits per heavy atom. The van der Waals surface area contributed by atoms with Crippen LogP contribution in [0, 0.1) is 17.5 Å². The third-order valence-corrected chi connectivity index (χ3v) is 3.72. The number of carbonyl (C=O) groups is 1. The number of hydrogen-bond acceptors (Lipinski definition) is 4. The number of anilines is 2. The van der Waals surface area contributed by atoms with Crippen LogP contribution in [0.1, 0.15) is 10.4 Å². The maximum Gasteiger partial charge on any atom is 0.257 e. The van der Waals surface area contributed by atoms with Gasteiger partial charge in [0.1, 0.15) is 5.82 Å². The molecule has 0 spiro atoms. The van der Waals surface area contributed by atoms with Gasteiger partial charge in [-0.1, -0.05) is 0 Å². The first-order valence-electron chi connectivity index (χ1n) is 7.42. The topological polar surface area (TPSA) is 57.3 Å². The Bertz CT molecular complexity index is 722. The Morgan fingerprint density at radius 1 is 1.12 bits per heavy atom. The average Bonchev–Trinajstić information content (AvgIpc) is 2.60. The van der Waals surface area contributed by atoms with Crippen molar-refractivity contribution in [1.29, 1.82) is 0 Å². The second kappa shape index (κ2) is 6.88. The fraction of sp³-hybridized carbons (Fsp3) is 0.250. The highest BCUT2D eigenvalue weighted by Crippen LogP contribution is 2.17. The number of halogens is 3. The lowest BCUT2D eigenvalue weighted by atomic mass is 10.2. The van der Waals surface area contributed by atoms with Crippen molar-refractivity contribution in [3.8, 4) is 0 Å². The molecule has 24 heavy (non-hydrogen) atoms. The predicted molar refractivity (Wildman–Crippen MR) is 83.6 cm³/mol. The summed E-state index contributed by atoms with van der Waals surface area (Å²) in [7, 11) is 0. The molecular weight excluding hydrogens is 321 g/mol. The van der Waals surface area contributed by atoms with Crippen LogP contribution < -0.4 is 15.5 Å². The zero-order chi connectivity index (χ0) is 17.1. The summed E-state index contributed by atoms with van der Waals surface area (Å²) in [5.41, 5.74) is 0.604. The summed E-state index contributed by atoms with van der Waals surface area (Å²) in [6.45, 7) is 3.50.